The van der Waals surface area contributed by atoms with Gasteiger partial charge in [0.05, 0.1) is 0 Å². The molecule has 0 bridgehead atoms. The molecule has 0 heterocycles. The maximum absolute atomic E-state index is 3.60. The van der Waals surface area contributed by atoms with Crippen molar-refractivity contribution < 1.29 is 0 Å². The highest BCUT2D eigenvalue weighted by atomic mass is 14.9. The molecule has 0 atom stereocenters. The van der Waals surface area contributed by atoms with Gasteiger partial charge in [0.2, 0.25) is 0 Å². The summed E-state index contributed by atoms with van der Waals surface area (Å²) in [6, 6.07) is 8.97. The fourth-order valence-electron chi connectivity index (χ4n) is 4.08. The number of benzene rings is 1. The highest BCUT2D eigenvalue weighted by Crippen LogP contribution is 2.59. The van der Waals surface area contributed by atoms with E-state index in [1.807, 2.05) is 0 Å². The molecule has 0 saturated heterocycles. The zero-order valence-electron chi connectivity index (χ0n) is 13.1. The molecule has 1 fully saturated rings. The minimum atomic E-state index is 0.382. The molecular formula is C18H29N. The van der Waals surface area contributed by atoms with E-state index < -0.39 is 0 Å². The third kappa shape index (κ3) is 2.58. The lowest BCUT2D eigenvalue weighted by Gasteiger charge is -2.57. The van der Waals surface area contributed by atoms with Crippen molar-refractivity contribution >= 4 is 0 Å². The number of hydrogen-bond donors (Lipinski definition) is 1. The molecular weight excluding hydrogens is 230 g/mol. The number of aryl methyl sites for hydroxylation is 1. The second kappa shape index (κ2) is 5.66. The summed E-state index contributed by atoms with van der Waals surface area (Å²) in [6.45, 7) is 11.4. The van der Waals surface area contributed by atoms with Crippen LogP contribution in [-0.2, 0) is 5.41 Å². The molecule has 1 aliphatic carbocycles. The molecule has 1 aliphatic rings. The minimum absolute atomic E-state index is 0.382. The van der Waals surface area contributed by atoms with E-state index in [1.54, 1.807) is 5.56 Å². The van der Waals surface area contributed by atoms with E-state index in [0.29, 0.717) is 10.8 Å². The van der Waals surface area contributed by atoms with Gasteiger partial charge in [-0.3, -0.25) is 0 Å². The summed E-state index contributed by atoms with van der Waals surface area (Å²) in [5.41, 5.74) is 4.01. The van der Waals surface area contributed by atoms with Crippen molar-refractivity contribution in [2.24, 2.45) is 5.41 Å². The van der Waals surface area contributed by atoms with Crippen LogP contribution in [0.3, 0.4) is 0 Å². The fourth-order valence-corrected chi connectivity index (χ4v) is 4.08. The Kier molecular flexibility index (Phi) is 4.35. The predicted octanol–water partition coefficient (Wildman–Crippen LogP) is 4.44. The topological polar surface area (TPSA) is 12.0 Å². The Morgan fingerprint density at radius 3 is 2.21 bits per heavy atom. The van der Waals surface area contributed by atoms with Gasteiger partial charge in [-0.25, -0.2) is 0 Å². The van der Waals surface area contributed by atoms with Gasteiger partial charge in [-0.15, -0.1) is 0 Å². The van der Waals surface area contributed by atoms with Crippen LogP contribution in [0, 0.1) is 12.3 Å². The van der Waals surface area contributed by atoms with Crippen molar-refractivity contribution in [1.29, 1.82) is 0 Å². The van der Waals surface area contributed by atoms with Crippen molar-refractivity contribution in [2.45, 2.75) is 58.8 Å². The predicted molar refractivity (Wildman–Crippen MR) is 83.6 cm³/mol. The van der Waals surface area contributed by atoms with Crippen LogP contribution in [0.25, 0.3) is 0 Å². The average Bonchev–Trinajstić information content (AvgIpc) is 2.40. The van der Waals surface area contributed by atoms with Gasteiger partial charge in [0.15, 0.2) is 0 Å². The third-order valence-electron chi connectivity index (χ3n) is 5.36. The summed E-state index contributed by atoms with van der Waals surface area (Å²) in [4.78, 5) is 0. The Bertz CT molecular complexity index is 409. The number of nitrogens with one attached hydrogen (secondary N) is 1. The zero-order chi connectivity index (χ0) is 13.9. The molecule has 19 heavy (non-hydrogen) atoms. The Morgan fingerprint density at radius 1 is 1.05 bits per heavy atom. The minimum Gasteiger partial charge on any atom is -0.316 e. The van der Waals surface area contributed by atoms with Gasteiger partial charge >= 0.3 is 0 Å². The van der Waals surface area contributed by atoms with Crippen molar-refractivity contribution in [1.82, 2.24) is 5.32 Å². The molecule has 106 valence electrons. The van der Waals surface area contributed by atoms with Gasteiger partial charge in [0.25, 0.3) is 0 Å². The van der Waals surface area contributed by atoms with Crippen LogP contribution in [0.2, 0.25) is 0 Å². The van der Waals surface area contributed by atoms with Gasteiger partial charge in [0, 0.05) is 12.0 Å². The fraction of sp³-hybridized carbons (Fsp3) is 0.667. The molecule has 0 aliphatic heterocycles. The van der Waals surface area contributed by atoms with Crippen LogP contribution in [0.15, 0.2) is 24.3 Å². The number of likely N-dealkylation sites (N-methyl/N-ethyl adjacent to an activating group) is 1. The van der Waals surface area contributed by atoms with E-state index in [9.17, 15) is 0 Å². The summed E-state index contributed by atoms with van der Waals surface area (Å²) in [7, 11) is 0. The molecule has 0 radical (unpaired) electrons. The average molecular weight is 259 g/mol. The molecule has 0 unspecified atom stereocenters. The van der Waals surface area contributed by atoms with Crippen molar-refractivity contribution in [2.75, 3.05) is 13.1 Å². The lowest BCUT2D eigenvalue weighted by atomic mass is 9.48. The smallest absolute Gasteiger partial charge is 0.00909 e. The Morgan fingerprint density at radius 2 is 1.68 bits per heavy atom. The molecule has 0 aromatic heterocycles. The maximum Gasteiger partial charge on any atom is 0.00909 e. The number of rotatable bonds is 6. The van der Waals surface area contributed by atoms with E-state index in [2.05, 4.69) is 57.3 Å². The Labute approximate surface area is 118 Å². The van der Waals surface area contributed by atoms with Gasteiger partial charge in [-0.05, 0) is 42.9 Å². The van der Waals surface area contributed by atoms with Crippen molar-refractivity contribution in [3.05, 3.63) is 35.4 Å². The standard InChI is InChI=1S/C18H29N/c1-5-17(6-2)12-18(13-17,14-19-7-3)16-11-9-8-10-15(16)4/h8-11,19H,5-7,12-14H2,1-4H3. The second-order valence-corrected chi connectivity index (χ2v) is 6.44. The highest BCUT2D eigenvalue weighted by molar-refractivity contribution is 5.37. The van der Waals surface area contributed by atoms with Gasteiger partial charge in [0.1, 0.15) is 0 Å². The van der Waals surface area contributed by atoms with Gasteiger partial charge in [-0.1, -0.05) is 57.9 Å². The quantitative estimate of drug-likeness (QED) is 0.796. The molecule has 0 amide bonds. The zero-order valence-corrected chi connectivity index (χ0v) is 13.1. The van der Waals surface area contributed by atoms with Crippen molar-refractivity contribution in [3.8, 4) is 0 Å². The molecule has 1 aromatic carbocycles. The molecule has 1 saturated carbocycles. The van der Waals surface area contributed by atoms with Gasteiger partial charge < -0.3 is 5.32 Å². The largest absolute Gasteiger partial charge is 0.316 e. The van der Waals surface area contributed by atoms with Gasteiger partial charge in [-0.2, -0.15) is 0 Å². The summed E-state index contributed by atoms with van der Waals surface area (Å²) >= 11 is 0. The Balaban J connectivity index is 2.26. The van der Waals surface area contributed by atoms with E-state index >= 15 is 0 Å². The van der Waals surface area contributed by atoms with E-state index in [-0.39, 0.29) is 0 Å². The molecule has 2 rings (SSSR count). The summed E-state index contributed by atoms with van der Waals surface area (Å²) in [5, 5.41) is 3.60. The summed E-state index contributed by atoms with van der Waals surface area (Å²) in [5.74, 6) is 0. The summed E-state index contributed by atoms with van der Waals surface area (Å²) in [6.07, 6.45) is 5.35. The van der Waals surface area contributed by atoms with Crippen molar-refractivity contribution in [3.63, 3.8) is 0 Å². The van der Waals surface area contributed by atoms with Crippen LogP contribution in [0.1, 0.15) is 57.6 Å². The van der Waals surface area contributed by atoms with Crippen LogP contribution in [-0.4, -0.2) is 13.1 Å². The van der Waals surface area contributed by atoms with Crippen LogP contribution < -0.4 is 5.32 Å². The monoisotopic (exact) mass is 259 g/mol. The van der Waals surface area contributed by atoms with Crippen LogP contribution in [0.4, 0.5) is 0 Å². The molecule has 1 aromatic rings. The normalized spacial score (nSPS) is 20.0. The van der Waals surface area contributed by atoms with E-state index in [1.165, 1.54) is 31.2 Å². The third-order valence-corrected chi connectivity index (χ3v) is 5.36. The second-order valence-electron chi connectivity index (χ2n) is 6.44. The highest BCUT2D eigenvalue weighted by Gasteiger charge is 2.53. The number of hydrogen-bond acceptors (Lipinski definition) is 1. The van der Waals surface area contributed by atoms with Crippen LogP contribution in [0.5, 0.6) is 0 Å². The first kappa shape index (κ1) is 14.6. The lowest BCUT2D eigenvalue weighted by Crippen LogP contribution is -2.54. The maximum atomic E-state index is 3.60. The summed E-state index contributed by atoms with van der Waals surface area (Å²) < 4.78 is 0. The first-order chi connectivity index (χ1) is 9.11. The van der Waals surface area contributed by atoms with Crippen LogP contribution >= 0.6 is 0 Å². The first-order valence-corrected chi connectivity index (χ1v) is 7.88. The van der Waals surface area contributed by atoms with E-state index in [4.69, 9.17) is 0 Å². The molecule has 1 heteroatoms. The van der Waals surface area contributed by atoms with E-state index in [0.717, 1.165) is 13.1 Å². The molecule has 1 N–H and O–H groups in total. The SMILES string of the molecule is CCNCC1(c2ccccc2C)CC(CC)(CC)C1. The Hall–Kier alpha value is -0.820. The molecule has 0 spiro atoms. The molecule has 1 nitrogen and oxygen atoms in total. The lowest BCUT2D eigenvalue weighted by molar-refractivity contribution is 0.0128. The first-order valence-electron chi connectivity index (χ1n) is 7.88.